The van der Waals surface area contributed by atoms with Gasteiger partial charge in [-0.05, 0) is 127 Å². The third-order valence-electron chi connectivity index (χ3n) is 11.9. The van der Waals surface area contributed by atoms with E-state index in [0.717, 1.165) is 23.7 Å². The topological polar surface area (TPSA) is 37.3 Å². The summed E-state index contributed by atoms with van der Waals surface area (Å²) in [6, 6.07) is 7.61. The Morgan fingerprint density at radius 2 is 1.68 bits per heavy atom. The molecule has 3 unspecified atom stereocenters. The first kappa shape index (κ1) is 22.6. The van der Waals surface area contributed by atoms with Crippen LogP contribution in [0.15, 0.2) is 42.0 Å². The van der Waals surface area contributed by atoms with E-state index >= 15 is 0 Å². The molecule has 0 aliphatic heterocycles. The Bertz CT molecular complexity index is 1060. The molecule has 182 valence electrons. The van der Waals surface area contributed by atoms with E-state index in [4.69, 9.17) is 0 Å². The highest BCUT2D eigenvalue weighted by atomic mass is 16.4. The average molecular weight is 459 g/mol. The van der Waals surface area contributed by atoms with E-state index in [1.54, 1.807) is 12.1 Å². The predicted molar refractivity (Wildman–Crippen MR) is 138 cm³/mol. The number of allylic oxidation sites excluding steroid dienone is 4. The summed E-state index contributed by atoms with van der Waals surface area (Å²) < 4.78 is 0. The highest BCUT2D eigenvalue weighted by molar-refractivity contribution is 5.88. The van der Waals surface area contributed by atoms with Crippen LogP contribution in [0.4, 0.5) is 0 Å². The number of carbonyl (C=O) groups is 1. The Morgan fingerprint density at radius 3 is 2.41 bits per heavy atom. The lowest BCUT2D eigenvalue weighted by Crippen LogP contribution is -2.59. The lowest BCUT2D eigenvalue weighted by Gasteiger charge is -2.67. The van der Waals surface area contributed by atoms with Crippen LogP contribution in [0.1, 0.15) is 101 Å². The van der Waals surface area contributed by atoms with Gasteiger partial charge in [-0.1, -0.05) is 57.6 Å². The van der Waals surface area contributed by atoms with Gasteiger partial charge >= 0.3 is 5.97 Å². The second kappa shape index (κ2) is 7.58. The molecular weight excluding hydrogens is 416 g/mol. The number of rotatable bonds is 2. The highest BCUT2D eigenvalue weighted by Gasteiger charge is 2.63. The maximum atomic E-state index is 11.4. The minimum absolute atomic E-state index is 0.0982. The van der Waals surface area contributed by atoms with E-state index in [2.05, 4.69) is 39.8 Å². The van der Waals surface area contributed by atoms with Gasteiger partial charge < -0.3 is 5.11 Å². The van der Waals surface area contributed by atoms with Crippen LogP contribution in [0, 0.1) is 45.8 Å². The van der Waals surface area contributed by atoms with Crippen LogP contribution >= 0.6 is 0 Å². The van der Waals surface area contributed by atoms with Crippen LogP contribution in [-0.2, 0) is 0 Å². The first-order valence-electron chi connectivity index (χ1n) is 13.9. The van der Waals surface area contributed by atoms with Crippen LogP contribution in [0.25, 0.3) is 5.57 Å². The molecule has 2 heteroatoms. The lowest BCUT2D eigenvalue weighted by molar-refractivity contribution is -0.156. The Kier molecular flexibility index (Phi) is 5.05. The van der Waals surface area contributed by atoms with Crippen molar-refractivity contribution in [2.45, 2.75) is 85.5 Å². The van der Waals surface area contributed by atoms with Gasteiger partial charge in [0.15, 0.2) is 0 Å². The van der Waals surface area contributed by atoms with Gasteiger partial charge in [0, 0.05) is 0 Å². The van der Waals surface area contributed by atoms with Crippen LogP contribution in [0.2, 0.25) is 0 Å². The van der Waals surface area contributed by atoms with Crippen LogP contribution in [0.5, 0.6) is 0 Å². The molecule has 0 aromatic heterocycles. The summed E-state index contributed by atoms with van der Waals surface area (Å²) in [5.74, 6) is 3.37. The fourth-order valence-corrected chi connectivity index (χ4v) is 10.5. The second-order valence-corrected chi connectivity index (χ2v) is 13.4. The summed E-state index contributed by atoms with van der Waals surface area (Å²) >= 11 is 0. The zero-order valence-corrected chi connectivity index (χ0v) is 21.6. The number of carboxylic acids is 1. The summed E-state index contributed by atoms with van der Waals surface area (Å²) in [5, 5.41) is 9.33. The third-order valence-corrected chi connectivity index (χ3v) is 11.9. The molecule has 34 heavy (non-hydrogen) atoms. The van der Waals surface area contributed by atoms with E-state index in [1.165, 1.54) is 68.9 Å². The van der Waals surface area contributed by atoms with E-state index in [9.17, 15) is 9.90 Å². The first-order chi connectivity index (χ1) is 16.2. The van der Waals surface area contributed by atoms with E-state index in [1.807, 2.05) is 17.7 Å². The summed E-state index contributed by atoms with van der Waals surface area (Å²) in [6.45, 7) is 10.3. The van der Waals surface area contributed by atoms with E-state index < -0.39 is 5.97 Å². The summed E-state index contributed by atoms with van der Waals surface area (Å²) in [4.78, 5) is 11.4. The standard InChI is InChI=1S/C32H42O2/c1-30(2)25(21-8-10-22(11-9-21)29(33)34)16-18-32(4)27(30)17-19-31(3)26-14-12-20-6-5-7-23(20)24(26)13-15-28(31)32/h8-12,16,23-24,26-28H,5-7,13-15,17-19H2,1-4H3,(H,33,34)/t23-,24+,26?,27?,28?,31-,32-/m0/s1. The van der Waals surface area contributed by atoms with Gasteiger partial charge in [-0.3, -0.25) is 0 Å². The van der Waals surface area contributed by atoms with E-state index in [0.29, 0.717) is 22.3 Å². The molecule has 5 aliphatic carbocycles. The van der Waals surface area contributed by atoms with Crippen molar-refractivity contribution in [3.8, 4) is 0 Å². The van der Waals surface area contributed by atoms with Gasteiger partial charge in [0.1, 0.15) is 0 Å². The molecule has 0 saturated heterocycles. The maximum absolute atomic E-state index is 11.4. The molecule has 0 heterocycles. The number of carboxylic acid groups (broad SMARTS) is 1. The molecule has 7 atom stereocenters. The molecule has 0 spiro atoms. The molecular formula is C32H42O2. The van der Waals surface area contributed by atoms with Crippen molar-refractivity contribution in [3.63, 3.8) is 0 Å². The normalized spacial score (nSPS) is 42.4. The van der Waals surface area contributed by atoms with Gasteiger partial charge in [-0.25, -0.2) is 4.79 Å². The van der Waals surface area contributed by atoms with Gasteiger partial charge in [0.25, 0.3) is 0 Å². The van der Waals surface area contributed by atoms with Crippen molar-refractivity contribution in [1.29, 1.82) is 0 Å². The highest BCUT2D eigenvalue weighted by Crippen LogP contribution is 2.71. The van der Waals surface area contributed by atoms with Crippen molar-refractivity contribution in [3.05, 3.63) is 53.1 Å². The smallest absolute Gasteiger partial charge is 0.335 e. The summed E-state index contributed by atoms with van der Waals surface area (Å²) in [6.07, 6.45) is 17.6. The molecule has 3 fully saturated rings. The predicted octanol–water partition coefficient (Wildman–Crippen LogP) is 8.39. The van der Waals surface area contributed by atoms with Crippen LogP contribution in [-0.4, -0.2) is 11.1 Å². The van der Waals surface area contributed by atoms with Gasteiger partial charge in [0.05, 0.1) is 5.56 Å². The average Bonchev–Trinajstić information content (AvgIpc) is 3.28. The third kappa shape index (κ3) is 3.02. The monoisotopic (exact) mass is 458 g/mol. The molecule has 3 saturated carbocycles. The Labute approximate surface area is 205 Å². The first-order valence-corrected chi connectivity index (χ1v) is 13.9. The molecule has 1 aromatic rings. The lowest BCUT2D eigenvalue weighted by atomic mass is 9.37. The molecule has 1 aromatic carbocycles. The van der Waals surface area contributed by atoms with Crippen LogP contribution in [0.3, 0.4) is 0 Å². The van der Waals surface area contributed by atoms with Crippen molar-refractivity contribution in [1.82, 2.24) is 0 Å². The Morgan fingerprint density at radius 1 is 0.912 bits per heavy atom. The van der Waals surface area contributed by atoms with Crippen molar-refractivity contribution in [2.24, 2.45) is 45.8 Å². The minimum atomic E-state index is -0.847. The SMILES string of the molecule is CC1(C)C(c2ccc(C(=O)O)cc2)=CC[C@@]2(C)C1CC[C@@]1(C)C3CC=C4CCC[C@@H]4[C@H]3CCC12. The minimum Gasteiger partial charge on any atom is -0.478 e. The molecule has 1 N–H and O–H groups in total. The fourth-order valence-electron chi connectivity index (χ4n) is 10.5. The van der Waals surface area contributed by atoms with E-state index in [-0.39, 0.29) is 5.41 Å². The van der Waals surface area contributed by atoms with Gasteiger partial charge in [0.2, 0.25) is 0 Å². The molecule has 0 amide bonds. The number of fused-ring (bicyclic) bond motifs is 7. The zero-order chi connectivity index (χ0) is 23.9. The Balaban J connectivity index is 1.34. The molecule has 0 bridgehead atoms. The number of benzene rings is 1. The van der Waals surface area contributed by atoms with Crippen LogP contribution < -0.4 is 0 Å². The Hall–Kier alpha value is -1.83. The fraction of sp³-hybridized carbons (Fsp3) is 0.656. The second-order valence-electron chi connectivity index (χ2n) is 13.4. The summed E-state index contributed by atoms with van der Waals surface area (Å²) in [7, 11) is 0. The number of hydrogen-bond acceptors (Lipinski definition) is 1. The zero-order valence-electron chi connectivity index (χ0n) is 21.6. The number of hydrogen-bond donors (Lipinski definition) is 1. The molecule has 6 rings (SSSR count). The largest absolute Gasteiger partial charge is 0.478 e. The maximum Gasteiger partial charge on any atom is 0.335 e. The molecule has 2 nitrogen and oxygen atoms in total. The summed E-state index contributed by atoms with van der Waals surface area (Å²) in [5.41, 5.74) is 5.76. The van der Waals surface area contributed by atoms with Crippen molar-refractivity contribution < 1.29 is 9.90 Å². The van der Waals surface area contributed by atoms with Crippen molar-refractivity contribution >= 4 is 11.5 Å². The molecule has 0 radical (unpaired) electrons. The van der Waals surface area contributed by atoms with Gasteiger partial charge in [-0.15, -0.1) is 0 Å². The van der Waals surface area contributed by atoms with Crippen molar-refractivity contribution in [2.75, 3.05) is 0 Å². The van der Waals surface area contributed by atoms with Gasteiger partial charge in [-0.2, -0.15) is 0 Å². The quantitative estimate of drug-likeness (QED) is 0.452. The number of aromatic carboxylic acids is 1. The molecule has 5 aliphatic rings.